The first-order chi connectivity index (χ1) is 8.27. The first-order valence-electron chi connectivity index (χ1n) is 5.10. The topological polar surface area (TPSA) is 179 Å². The molecule has 9 nitrogen and oxygen atoms in total. The van der Waals surface area contributed by atoms with E-state index in [1.165, 1.54) is 0 Å². The number of carbonyl (C=O) groups excluding carboxylic acids is 1. The van der Waals surface area contributed by atoms with Gasteiger partial charge in [0.05, 0.1) is 6.61 Å². The molecule has 0 fully saturated rings. The van der Waals surface area contributed by atoms with Gasteiger partial charge in [-0.3, -0.25) is 4.79 Å². The van der Waals surface area contributed by atoms with Crippen molar-refractivity contribution >= 4 is 5.78 Å². The number of aliphatic hydroxyl groups is 8. The van der Waals surface area contributed by atoms with E-state index in [1.807, 2.05) is 0 Å². The molecule has 0 rings (SSSR count). The molecule has 9 heteroatoms. The number of rotatable bonds is 8. The fraction of sp³-hybridized carbons (Fsp3) is 0.889. The minimum Gasteiger partial charge on any atom is -0.394 e. The van der Waals surface area contributed by atoms with Gasteiger partial charge in [0.1, 0.15) is 43.2 Å². The van der Waals surface area contributed by atoms with Crippen molar-refractivity contribution in [3.8, 4) is 0 Å². The molecule has 0 radical (unpaired) electrons. The van der Waals surface area contributed by atoms with E-state index in [4.69, 9.17) is 20.4 Å². The van der Waals surface area contributed by atoms with Crippen molar-refractivity contribution < 1.29 is 45.6 Å². The van der Waals surface area contributed by atoms with E-state index in [0.717, 1.165) is 0 Å². The summed E-state index contributed by atoms with van der Waals surface area (Å²) < 4.78 is 0. The Morgan fingerprint density at radius 3 is 1.61 bits per heavy atom. The van der Waals surface area contributed by atoms with Crippen LogP contribution >= 0.6 is 0 Å². The molecule has 0 aromatic heterocycles. The molecule has 108 valence electrons. The Morgan fingerprint density at radius 1 is 0.778 bits per heavy atom. The van der Waals surface area contributed by atoms with Gasteiger partial charge in [0.15, 0.2) is 5.78 Å². The van der Waals surface area contributed by atoms with Crippen LogP contribution in [0.5, 0.6) is 0 Å². The number of aliphatic hydroxyl groups excluding tert-OH is 8. The highest BCUT2D eigenvalue weighted by Gasteiger charge is 2.38. The first kappa shape index (κ1) is 17.4. The fourth-order valence-electron chi connectivity index (χ4n) is 1.21. The molecule has 6 atom stereocenters. The van der Waals surface area contributed by atoms with E-state index in [9.17, 15) is 25.2 Å². The number of hydrogen-bond donors (Lipinski definition) is 8. The van der Waals surface area contributed by atoms with Crippen LogP contribution in [0.15, 0.2) is 0 Å². The smallest absolute Gasteiger partial charge is 0.189 e. The van der Waals surface area contributed by atoms with Gasteiger partial charge in [-0.25, -0.2) is 0 Å². The maximum absolute atomic E-state index is 10.8. The summed E-state index contributed by atoms with van der Waals surface area (Å²) >= 11 is 0. The van der Waals surface area contributed by atoms with Gasteiger partial charge in [-0.05, 0) is 0 Å². The third-order valence-electron chi connectivity index (χ3n) is 2.44. The Hall–Kier alpha value is -0.650. The van der Waals surface area contributed by atoms with Gasteiger partial charge in [0.2, 0.25) is 0 Å². The monoisotopic (exact) mass is 270 g/mol. The summed E-state index contributed by atoms with van der Waals surface area (Å²) in [5.74, 6) is -1.19. The molecule has 0 spiro atoms. The van der Waals surface area contributed by atoms with Crippen molar-refractivity contribution in [2.45, 2.75) is 36.6 Å². The number of carbonyl (C=O) groups is 1. The zero-order chi connectivity index (χ0) is 14.5. The van der Waals surface area contributed by atoms with Crippen LogP contribution in [0, 0.1) is 0 Å². The summed E-state index contributed by atoms with van der Waals surface area (Å²) in [5, 5.41) is 72.4. The Balaban J connectivity index is 4.62. The molecular weight excluding hydrogens is 252 g/mol. The average molecular weight is 270 g/mol. The molecule has 0 heterocycles. The van der Waals surface area contributed by atoms with E-state index < -0.39 is 55.6 Å². The van der Waals surface area contributed by atoms with Crippen molar-refractivity contribution in [2.75, 3.05) is 13.2 Å². The lowest BCUT2D eigenvalue weighted by molar-refractivity contribution is -0.165. The molecule has 0 aliphatic rings. The van der Waals surface area contributed by atoms with Crippen LogP contribution in [-0.4, -0.2) is 96.5 Å². The van der Waals surface area contributed by atoms with Crippen molar-refractivity contribution in [1.82, 2.24) is 0 Å². The third-order valence-corrected chi connectivity index (χ3v) is 2.44. The Labute approximate surface area is 102 Å². The number of Topliss-reactive ketones (excluding diaryl/α,β-unsaturated/α-hetero) is 1. The highest BCUT2D eigenvalue weighted by Crippen LogP contribution is 2.11. The standard InChI is InChI=1S/C9H18O9/c10-1-3(12)5(14)7(16)9(18)8(17)6(15)4(13)2-11/h3,5-12,14-18H,1-2H2/t3-,5-,6+,7+,8-,9+/m1/s1. The van der Waals surface area contributed by atoms with E-state index in [1.54, 1.807) is 0 Å². The van der Waals surface area contributed by atoms with E-state index >= 15 is 0 Å². The van der Waals surface area contributed by atoms with Crippen LogP contribution in [-0.2, 0) is 4.79 Å². The normalized spacial score (nSPS) is 21.8. The van der Waals surface area contributed by atoms with Gasteiger partial charge >= 0.3 is 0 Å². The largest absolute Gasteiger partial charge is 0.394 e. The summed E-state index contributed by atoms with van der Waals surface area (Å²) in [7, 11) is 0. The molecule has 8 N–H and O–H groups in total. The lowest BCUT2D eigenvalue weighted by Gasteiger charge is -2.29. The molecule has 0 aliphatic heterocycles. The van der Waals surface area contributed by atoms with Gasteiger partial charge in [0, 0.05) is 0 Å². The van der Waals surface area contributed by atoms with Crippen LogP contribution < -0.4 is 0 Å². The van der Waals surface area contributed by atoms with E-state index in [-0.39, 0.29) is 0 Å². The Bertz CT molecular complexity index is 258. The van der Waals surface area contributed by atoms with Crippen LogP contribution in [0.25, 0.3) is 0 Å². The second kappa shape index (κ2) is 7.71. The highest BCUT2D eigenvalue weighted by atomic mass is 16.4. The van der Waals surface area contributed by atoms with Crippen LogP contribution in [0.2, 0.25) is 0 Å². The SMILES string of the molecule is O=C(CO)[C@H](O)[C@@H](O)[C@@H](O)[C@@H](O)[C@H](O)[C@H](O)CO. The van der Waals surface area contributed by atoms with Crippen LogP contribution in [0.3, 0.4) is 0 Å². The maximum Gasteiger partial charge on any atom is 0.189 e. The molecular formula is C9H18O9. The van der Waals surface area contributed by atoms with Gasteiger partial charge in [-0.15, -0.1) is 0 Å². The maximum atomic E-state index is 10.8. The second-order valence-electron chi connectivity index (χ2n) is 3.78. The molecule has 0 aliphatic carbocycles. The van der Waals surface area contributed by atoms with E-state index in [2.05, 4.69) is 0 Å². The quantitative estimate of drug-likeness (QED) is 0.214. The highest BCUT2D eigenvalue weighted by molar-refractivity contribution is 5.84. The van der Waals surface area contributed by atoms with E-state index in [0.29, 0.717) is 0 Å². The summed E-state index contributed by atoms with van der Waals surface area (Å²) in [6.07, 6.45) is -12.4. The lowest BCUT2D eigenvalue weighted by atomic mass is 9.95. The minimum atomic E-state index is -2.17. The molecule has 0 amide bonds. The van der Waals surface area contributed by atoms with Crippen LogP contribution in [0.1, 0.15) is 0 Å². The van der Waals surface area contributed by atoms with Crippen molar-refractivity contribution in [2.24, 2.45) is 0 Å². The molecule has 0 aromatic carbocycles. The molecule has 0 unspecified atom stereocenters. The molecule has 18 heavy (non-hydrogen) atoms. The van der Waals surface area contributed by atoms with Gasteiger partial charge < -0.3 is 40.9 Å². The number of ketones is 1. The first-order valence-corrected chi connectivity index (χ1v) is 5.10. The predicted octanol–water partition coefficient (Wildman–Crippen LogP) is -5.29. The molecule has 0 saturated heterocycles. The fourth-order valence-corrected chi connectivity index (χ4v) is 1.21. The Morgan fingerprint density at radius 2 is 1.22 bits per heavy atom. The minimum absolute atomic E-state index is 0.904. The van der Waals surface area contributed by atoms with Gasteiger partial charge in [-0.2, -0.15) is 0 Å². The van der Waals surface area contributed by atoms with Gasteiger partial charge in [-0.1, -0.05) is 0 Å². The summed E-state index contributed by atoms with van der Waals surface area (Å²) in [4.78, 5) is 10.8. The predicted molar refractivity (Wildman–Crippen MR) is 55.2 cm³/mol. The summed E-state index contributed by atoms with van der Waals surface area (Å²) in [6, 6.07) is 0. The lowest BCUT2D eigenvalue weighted by Crippen LogP contribution is -2.54. The average Bonchev–Trinajstić information content (AvgIpc) is 2.40. The molecule has 0 bridgehead atoms. The zero-order valence-corrected chi connectivity index (χ0v) is 9.36. The third kappa shape index (κ3) is 4.23. The molecule has 0 aromatic rings. The van der Waals surface area contributed by atoms with Gasteiger partial charge in [0.25, 0.3) is 0 Å². The van der Waals surface area contributed by atoms with Crippen molar-refractivity contribution in [1.29, 1.82) is 0 Å². The van der Waals surface area contributed by atoms with Crippen molar-refractivity contribution in [3.63, 3.8) is 0 Å². The van der Waals surface area contributed by atoms with Crippen LogP contribution in [0.4, 0.5) is 0 Å². The zero-order valence-electron chi connectivity index (χ0n) is 9.36. The summed E-state index contributed by atoms with van der Waals surface area (Å²) in [5.41, 5.74) is 0. The number of hydrogen-bond acceptors (Lipinski definition) is 9. The summed E-state index contributed by atoms with van der Waals surface area (Å²) in [6.45, 7) is -1.98. The Kier molecular flexibility index (Phi) is 7.43. The molecule has 0 saturated carbocycles. The van der Waals surface area contributed by atoms with Crippen molar-refractivity contribution in [3.05, 3.63) is 0 Å². The second-order valence-corrected chi connectivity index (χ2v) is 3.78.